The lowest BCUT2D eigenvalue weighted by molar-refractivity contribution is -0.135. The lowest BCUT2D eigenvalue weighted by atomic mass is 9.98. The van der Waals surface area contributed by atoms with Gasteiger partial charge in [0, 0.05) is 66.1 Å². The van der Waals surface area contributed by atoms with Crippen LogP contribution in [0.25, 0.3) is 33.2 Å². The number of nitriles is 1. The summed E-state index contributed by atoms with van der Waals surface area (Å²) in [4.78, 5) is 26.2. The fourth-order valence-electron chi connectivity index (χ4n) is 5.50. The number of benzene rings is 2. The van der Waals surface area contributed by atoms with E-state index in [-0.39, 0.29) is 18.0 Å². The van der Waals surface area contributed by atoms with Gasteiger partial charge in [-0.25, -0.2) is 4.98 Å². The molecule has 38 heavy (non-hydrogen) atoms. The van der Waals surface area contributed by atoms with Crippen LogP contribution in [0.4, 0.5) is 5.82 Å². The Morgan fingerprint density at radius 2 is 1.68 bits per heavy atom. The highest BCUT2D eigenvalue weighted by molar-refractivity contribution is 6.00. The Kier molecular flexibility index (Phi) is 6.97. The Hall–Kier alpha value is -4.44. The normalized spacial score (nSPS) is 17.3. The number of carbonyl (C=O) groups excluding carboxylic acids is 1. The minimum Gasteiger partial charge on any atom is -0.495 e. The van der Waals surface area contributed by atoms with Gasteiger partial charge in [-0.05, 0) is 49.7 Å². The average molecular weight is 506 g/mol. The van der Waals surface area contributed by atoms with Crippen molar-refractivity contribution in [3.05, 3.63) is 72.6 Å². The van der Waals surface area contributed by atoms with Crippen LogP contribution >= 0.6 is 0 Å². The molecular formula is C31H31N5O2. The summed E-state index contributed by atoms with van der Waals surface area (Å²) < 4.78 is 5.90. The summed E-state index contributed by atoms with van der Waals surface area (Å²) in [5.74, 6) is 1.84. The SMILES string of the molecule is CCC(=O)N1C(C)CN(c2ccc(-c3cnc4c(-c5ccc(C#N)cc5)cccc4c3OC)cn2)CC1C. The van der Waals surface area contributed by atoms with Gasteiger partial charge in [-0.1, -0.05) is 31.2 Å². The number of piperazine rings is 1. The Morgan fingerprint density at radius 3 is 2.29 bits per heavy atom. The van der Waals surface area contributed by atoms with Gasteiger partial charge in [-0.2, -0.15) is 5.26 Å². The first kappa shape index (κ1) is 25.2. The molecule has 7 nitrogen and oxygen atoms in total. The number of methoxy groups -OCH3 is 1. The minimum atomic E-state index is 0.128. The number of hydrogen-bond donors (Lipinski definition) is 0. The van der Waals surface area contributed by atoms with Gasteiger partial charge in [0.15, 0.2) is 0 Å². The highest BCUT2D eigenvalue weighted by Gasteiger charge is 2.32. The van der Waals surface area contributed by atoms with Gasteiger partial charge in [0.2, 0.25) is 5.91 Å². The van der Waals surface area contributed by atoms with Gasteiger partial charge < -0.3 is 14.5 Å². The molecule has 192 valence electrons. The molecular weight excluding hydrogens is 474 g/mol. The summed E-state index contributed by atoms with van der Waals surface area (Å²) >= 11 is 0. The highest BCUT2D eigenvalue weighted by Crippen LogP contribution is 2.39. The van der Waals surface area contributed by atoms with Crippen molar-refractivity contribution in [2.24, 2.45) is 0 Å². The number of hydrogen-bond acceptors (Lipinski definition) is 6. The van der Waals surface area contributed by atoms with Gasteiger partial charge in [-0.15, -0.1) is 0 Å². The van der Waals surface area contributed by atoms with Crippen LogP contribution in [0.3, 0.4) is 0 Å². The van der Waals surface area contributed by atoms with E-state index in [4.69, 9.17) is 20.0 Å². The van der Waals surface area contributed by atoms with E-state index in [1.54, 1.807) is 7.11 Å². The molecule has 2 atom stereocenters. The number of nitrogens with zero attached hydrogens (tertiary/aromatic N) is 5. The maximum absolute atomic E-state index is 12.4. The first-order chi connectivity index (χ1) is 18.4. The second kappa shape index (κ2) is 10.5. The molecule has 2 aromatic carbocycles. The Morgan fingerprint density at radius 1 is 0.974 bits per heavy atom. The van der Waals surface area contributed by atoms with E-state index in [0.29, 0.717) is 12.0 Å². The van der Waals surface area contributed by atoms with Crippen molar-refractivity contribution in [1.29, 1.82) is 5.26 Å². The predicted molar refractivity (Wildman–Crippen MR) is 150 cm³/mol. The van der Waals surface area contributed by atoms with Crippen molar-refractivity contribution in [3.8, 4) is 34.1 Å². The number of anilines is 1. The van der Waals surface area contributed by atoms with Crippen molar-refractivity contribution in [1.82, 2.24) is 14.9 Å². The van der Waals surface area contributed by atoms with Crippen LogP contribution in [0.15, 0.2) is 67.0 Å². The van der Waals surface area contributed by atoms with Crippen LogP contribution in [-0.2, 0) is 4.79 Å². The zero-order chi connectivity index (χ0) is 26.8. The molecule has 0 N–H and O–H groups in total. The average Bonchev–Trinajstić information content (AvgIpc) is 2.95. The summed E-state index contributed by atoms with van der Waals surface area (Å²) in [6.45, 7) is 7.62. The summed E-state index contributed by atoms with van der Waals surface area (Å²) in [5, 5.41) is 10.0. The van der Waals surface area contributed by atoms with Crippen LogP contribution in [0, 0.1) is 11.3 Å². The Balaban J connectivity index is 1.45. The Labute approximate surface area is 223 Å². The summed E-state index contributed by atoms with van der Waals surface area (Å²) in [6, 6.07) is 20.1. The fourth-order valence-corrected chi connectivity index (χ4v) is 5.50. The largest absolute Gasteiger partial charge is 0.495 e. The second-order valence-electron chi connectivity index (χ2n) is 9.76. The van der Waals surface area contributed by atoms with E-state index in [2.05, 4.69) is 30.9 Å². The van der Waals surface area contributed by atoms with E-state index < -0.39 is 0 Å². The van der Waals surface area contributed by atoms with Crippen molar-refractivity contribution in [2.75, 3.05) is 25.1 Å². The summed E-state index contributed by atoms with van der Waals surface area (Å²) in [5.41, 5.74) is 5.23. The smallest absolute Gasteiger partial charge is 0.222 e. The minimum absolute atomic E-state index is 0.128. The number of carbonyl (C=O) groups is 1. The van der Waals surface area contributed by atoms with Gasteiger partial charge >= 0.3 is 0 Å². The third kappa shape index (κ3) is 4.54. The lowest BCUT2D eigenvalue weighted by Crippen LogP contribution is -2.58. The fraction of sp³-hybridized carbons (Fsp3) is 0.290. The number of para-hydroxylation sites is 1. The van der Waals surface area contributed by atoms with Crippen molar-refractivity contribution in [3.63, 3.8) is 0 Å². The first-order valence-electron chi connectivity index (χ1n) is 12.9. The molecule has 1 aliphatic rings. The molecule has 7 heteroatoms. The third-order valence-corrected chi connectivity index (χ3v) is 7.27. The van der Waals surface area contributed by atoms with Crippen LogP contribution in [0.2, 0.25) is 0 Å². The van der Waals surface area contributed by atoms with Crippen LogP contribution in [0.1, 0.15) is 32.8 Å². The van der Waals surface area contributed by atoms with Crippen molar-refractivity contribution in [2.45, 2.75) is 39.3 Å². The summed E-state index contributed by atoms with van der Waals surface area (Å²) in [7, 11) is 1.67. The molecule has 0 spiro atoms. The highest BCUT2D eigenvalue weighted by atomic mass is 16.5. The van der Waals surface area contributed by atoms with Crippen molar-refractivity contribution < 1.29 is 9.53 Å². The Bertz CT molecular complexity index is 1500. The first-order valence-corrected chi connectivity index (χ1v) is 12.9. The molecule has 1 fully saturated rings. The second-order valence-corrected chi connectivity index (χ2v) is 9.76. The van der Waals surface area contributed by atoms with Crippen LogP contribution in [-0.4, -0.2) is 53.1 Å². The molecule has 0 bridgehead atoms. The van der Waals surface area contributed by atoms with Gasteiger partial charge in [-0.3, -0.25) is 9.78 Å². The van der Waals surface area contributed by atoms with E-state index in [0.717, 1.165) is 57.8 Å². The quantitative estimate of drug-likeness (QED) is 0.347. The zero-order valence-corrected chi connectivity index (χ0v) is 22.2. The molecule has 3 heterocycles. The molecule has 5 rings (SSSR count). The summed E-state index contributed by atoms with van der Waals surface area (Å²) in [6.07, 6.45) is 4.23. The molecule has 1 saturated heterocycles. The predicted octanol–water partition coefficient (Wildman–Crippen LogP) is 5.68. The molecule has 0 radical (unpaired) electrons. The van der Waals surface area contributed by atoms with Gasteiger partial charge in [0.1, 0.15) is 11.6 Å². The van der Waals surface area contributed by atoms with Crippen LogP contribution in [0.5, 0.6) is 5.75 Å². The monoisotopic (exact) mass is 505 g/mol. The van der Waals surface area contributed by atoms with Gasteiger partial charge in [0.25, 0.3) is 0 Å². The molecule has 2 aromatic heterocycles. The number of amides is 1. The standard InChI is InChI=1S/C31H31N5O2/c1-5-29(37)36-20(2)18-35(19-21(36)3)28-14-13-24(16-33-28)27-17-34-30-25(7-6-8-26(30)31(27)38-4)23-11-9-22(15-32)10-12-23/h6-14,16-17,20-21H,5,18-19H2,1-4H3. The van der Waals surface area contributed by atoms with E-state index in [9.17, 15) is 4.79 Å². The molecule has 4 aromatic rings. The maximum Gasteiger partial charge on any atom is 0.222 e. The molecule has 0 aliphatic carbocycles. The molecule has 1 aliphatic heterocycles. The molecule has 2 unspecified atom stereocenters. The number of pyridine rings is 2. The molecule has 0 saturated carbocycles. The number of aromatic nitrogens is 2. The number of rotatable bonds is 5. The molecule has 1 amide bonds. The number of fused-ring (bicyclic) bond motifs is 1. The zero-order valence-electron chi connectivity index (χ0n) is 22.2. The van der Waals surface area contributed by atoms with Gasteiger partial charge in [0.05, 0.1) is 24.3 Å². The van der Waals surface area contributed by atoms with Crippen LogP contribution < -0.4 is 9.64 Å². The van der Waals surface area contributed by atoms with E-state index in [1.165, 1.54) is 0 Å². The topological polar surface area (TPSA) is 82.4 Å². The van der Waals surface area contributed by atoms with Crippen molar-refractivity contribution >= 4 is 22.6 Å². The maximum atomic E-state index is 12.4. The lowest BCUT2D eigenvalue weighted by Gasteiger charge is -2.45. The van der Waals surface area contributed by atoms with E-state index >= 15 is 0 Å². The van der Waals surface area contributed by atoms with E-state index in [1.807, 2.05) is 72.7 Å². The number of ether oxygens (including phenoxy) is 1. The third-order valence-electron chi connectivity index (χ3n) is 7.27.